The van der Waals surface area contributed by atoms with Gasteiger partial charge in [0.05, 0.1) is 12.1 Å². The summed E-state index contributed by atoms with van der Waals surface area (Å²) in [4.78, 5) is 14.7. The van der Waals surface area contributed by atoms with E-state index in [1.165, 1.54) is 44.6 Å². The van der Waals surface area contributed by atoms with E-state index < -0.39 is 6.10 Å². The average molecular weight is 348 g/mol. The molecule has 5 heteroatoms. The van der Waals surface area contributed by atoms with E-state index in [0.717, 1.165) is 12.5 Å². The normalized spacial score (nSPS) is 25.2. The lowest BCUT2D eigenvalue weighted by Gasteiger charge is -2.24. The summed E-state index contributed by atoms with van der Waals surface area (Å²) in [6.45, 7) is 3.84. The topological polar surface area (TPSA) is 52.6 Å². The van der Waals surface area contributed by atoms with Crippen molar-refractivity contribution in [1.29, 1.82) is 0 Å². The van der Waals surface area contributed by atoms with E-state index in [0.29, 0.717) is 24.2 Å². The SMILES string of the molecule is Cc1c(F)cccc1C(=O)N[C@@H]1CN(CCC2CCCCC2)C[C@H]1O. The van der Waals surface area contributed by atoms with Gasteiger partial charge in [-0.25, -0.2) is 4.39 Å². The standard InChI is InChI=1S/C20H29FN2O2/c1-14-16(8-5-9-17(14)21)20(25)22-18-12-23(13-19(18)24)11-10-15-6-3-2-4-7-15/h5,8-9,15,18-19,24H,2-4,6-7,10-13H2,1H3,(H,22,25)/t18-,19-/m1/s1. The Kier molecular flexibility index (Phi) is 6.07. The molecule has 1 saturated heterocycles. The summed E-state index contributed by atoms with van der Waals surface area (Å²) in [5.74, 6) is 0.124. The lowest BCUT2D eigenvalue weighted by Crippen LogP contribution is -2.43. The largest absolute Gasteiger partial charge is 0.390 e. The molecule has 1 saturated carbocycles. The molecule has 4 nitrogen and oxygen atoms in total. The van der Waals surface area contributed by atoms with Crippen molar-refractivity contribution in [2.24, 2.45) is 5.92 Å². The Morgan fingerprint density at radius 2 is 2.04 bits per heavy atom. The molecule has 2 fully saturated rings. The van der Waals surface area contributed by atoms with Crippen molar-refractivity contribution in [1.82, 2.24) is 10.2 Å². The number of aliphatic hydroxyl groups is 1. The fraction of sp³-hybridized carbons (Fsp3) is 0.650. The van der Waals surface area contributed by atoms with Crippen LogP contribution in [0.3, 0.4) is 0 Å². The summed E-state index contributed by atoms with van der Waals surface area (Å²) in [5, 5.41) is 13.2. The van der Waals surface area contributed by atoms with Crippen molar-refractivity contribution in [2.75, 3.05) is 19.6 Å². The first kappa shape index (κ1) is 18.3. The molecule has 0 aromatic heterocycles. The maximum atomic E-state index is 13.6. The van der Waals surface area contributed by atoms with E-state index in [1.807, 2.05) is 0 Å². The Labute approximate surface area is 149 Å². The number of amides is 1. The van der Waals surface area contributed by atoms with Crippen LogP contribution in [0.25, 0.3) is 0 Å². The van der Waals surface area contributed by atoms with Crippen LogP contribution in [0.1, 0.15) is 54.4 Å². The van der Waals surface area contributed by atoms with Crippen molar-refractivity contribution < 1.29 is 14.3 Å². The zero-order valence-electron chi connectivity index (χ0n) is 15.0. The van der Waals surface area contributed by atoms with Gasteiger partial charge in [0.25, 0.3) is 5.91 Å². The van der Waals surface area contributed by atoms with Gasteiger partial charge in [-0.2, -0.15) is 0 Å². The monoisotopic (exact) mass is 348 g/mol. The van der Waals surface area contributed by atoms with Crippen LogP contribution in [0.15, 0.2) is 18.2 Å². The molecular weight excluding hydrogens is 319 g/mol. The zero-order chi connectivity index (χ0) is 17.8. The summed E-state index contributed by atoms with van der Waals surface area (Å²) < 4.78 is 13.6. The second-order valence-corrected chi connectivity index (χ2v) is 7.61. The number of nitrogens with zero attached hydrogens (tertiary/aromatic N) is 1. The molecule has 1 amide bonds. The maximum absolute atomic E-state index is 13.6. The van der Waals surface area contributed by atoms with E-state index in [-0.39, 0.29) is 17.8 Å². The molecule has 0 radical (unpaired) electrons. The molecule has 0 bridgehead atoms. The van der Waals surface area contributed by atoms with Crippen molar-refractivity contribution in [3.05, 3.63) is 35.1 Å². The molecule has 2 atom stereocenters. The highest BCUT2D eigenvalue weighted by Crippen LogP contribution is 2.27. The molecule has 3 rings (SSSR count). The van der Waals surface area contributed by atoms with Gasteiger partial charge in [-0.1, -0.05) is 38.2 Å². The molecule has 2 N–H and O–H groups in total. The van der Waals surface area contributed by atoms with Crippen LogP contribution in [0, 0.1) is 18.7 Å². The first-order valence-corrected chi connectivity index (χ1v) is 9.51. The Hall–Kier alpha value is -1.46. The molecular formula is C20H29FN2O2. The number of carbonyl (C=O) groups excluding carboxylic acids is 1. The van der Waals surface area contributed by atoms with Crippen molar-refractivity contribution in [3.8, 4) is 0 Å². The van der Waals surface area contributed by atoms with Crippen LogP contribution < -0.4 is 5.32 Å². The zero-order valence-corrected chi connectivity index (χ0v) is 15.0. The smallest absolute Gasteiger partial charge is 0.252 e. The number of aliphatic hydroxyl groups excluding tert-OH is 1. The number of β-amino-alcohol motifs (C(OH)–C–C–N with tert-alkyl or cyclic N) is 1. The number of likely N-dealkylation sites (tertiary alicyclic amines) is 1. The maximum Gasteiger partial charge on any atom is 0.252 e. The van der Waals surface area contributed by atoms with Gasteiger partial charge in [-0.15, -0.1) is 0 Å². The van der Waals surface area contributed by atoms with Gasteiger partial charge in [0.1, 0.15) is 5.82 Å². The first-order valence-electron chi connectivity index (χ1n) is 9.51. The van der Waals surface area contributed by atoms with Gasteiger partial charge in [-0.3, -0.25) is 9.69 Å². The second kappa shape index (κ2) is 8.28. The van der Waals surface area contributed by atoms with Crippen LogP contribution >= 0.6 is 0 Å². The van der Waals surface area contributed by atoms with Crippen molar-refractivity contribution in [2.45, 2.75) is 57.6 Å². The molecule has 25 heavy (non-hydrogen) atoms. The van der Waals surface area contributed by atoms with Gasteiger partial charge in [0, 0.05) is 18.7 Å². The fourth-order valence-corrected chi connectivity index (χ4v) is 4.13. The summed E-state index contributed by atoms with van der Waals surface area (Å²) in [5.41, 5.74) is 0.689. The minimum absolute atomic E-state index is 0.290. The lowest BCUT2D eigenvalue weighted by atomic mass is 9.87. The highest BCUT2D eigenvalue weighted by molar-refractivity contribution is 5.95. The van der Waals surface area contributed by atoms with Gasteiger partial charge < -0.3 is 10.4 Å². The van der Waals surface area contributed by atoms with Gasteiger partial charge in [0.15, 0.2) is 0 Å². The number of benzene rings is 1. The van der Waals surface area contributed by atoms with Crippen LogP contribution in [0.2, 0.25) is 0 Å². The molecule has 138 valence electrons. The van der Waals surface area contributed by atoms with Crippen molar-refractivity contribution >= 4 is 5.91 Å². The number of nitrogens with one attached hydrogen (secondary N) is 1. The molecule has 0 spiro atoms. The molecule has 1 aliphatic heterocycles. The van der Waals surface area contributed by atoms with E-state index in [9.17, 15) is 14.3 Å². The molecule has 2 aliphatic rings. The third-order valence-electron chi connectivity index (χ3n) is 5.77. The second-order valence-electron chi connectivity index (χ2n) is 7.61. The van der Waals surface area contributed by atoms with Crippen LogP contribution in [0.4, 0.5) is 4.39 Å². The lowest BCUT2D eigenvalue weighted by molar-refractivity contribution is 0.0887. The molecule has 0 unspecified atom stereocenters. The Morgan fingerprint density at radius 1 is 1.28 bits per heavy atom. The Morgan fingerprint density at radius 3 is 2.80 bits per heavy atom. The highest BCUT2D eigenvalue weighted by atomic mass is 19.1. The highest BCUT2D eigenvalue weighted by Gasteiger charge is 2.33. The fourth-order valence-electron chi connectivity index (χ4n) is 4.13. The van der Waals surface area contributed by atoms with E-state index in [1.54, 1.807) is 19.1 Å². The van der Waals surface area contributed by atoms with E-state index >= 15 is 0 Å². The minimum atomic E-state index is -0.566. The minimum Gasteiger partial charge on any atom is -0.390 e. The number of carbonyl (C=O) groups is 1. The molecule has 1 aromatic rings. The third-order valence-corrected chi connectivity index (χ3v) is 5.77. The average Bonchev–Trinajstić information content (AvgIpc) is 2.96. The van der Waals surface area contributed by atoms with E-state index in [2.05, 4.69) is 10.2 Å². The summed E-state index contributed by atoms with van der Waals surface area (Å²) >= 11 is 0. The predicted molar refractivity (Wildman–Crippen MR) is 96.0 cm³/mol. The van der Waals surface area contributed by atoms with Gasteiger partial charge in [-0.05, 0) is 43.5 Å². The van der Waals surface area contributed by atoms with E-state index in [4.69, 9.17) is 0 Å². The summed E-state index contributed by atoms with van der Waals surface area (Å²) in [7, 11) is 0. The third kappa shape index (κ3) is 4.59. The first-order chi connectivity index (χ1) is 12.0. The summed E-state index contributed by atoms with van der Waals surface area (Å²) in [6.07, 6.45) is 7.33. The van der Waals surface area contributed by atoms with Crippen LogP contribution in [-0.4, -0.2) is 47.7 Å². The van der Waals surface area contributed by atoms with Crippen molar-refractivity contribution in [3.63, 3.8) is 0 Å². The number of rotatable bonds is 5. The van der Waals surface area contributed by atoms with Crippen LogP contribution in [0.5, 0.6) is 0 Å². The molecule has 1 aliphatic carbocycles. The molecule has 1 heterocycles. The van der Waals surface area contributed by atoms with Gasteiger partial charge >= 0.3 is 0 Å². The predicted octanol–water partition coefficient (Wildman–Crippen LogP) is 2.88. The Bertz CT molecular complexity index is 601. The quantitative estimate of drug-likeness (QED) is 0.860. The number of hydrogen-bond acceptors (Lipinski definition) is 3. The summed E-state index contributed by atoms with van der Waals surface area (Å²) in [6, 6.07) is 4.22. The van der Waals surface area contributed by atoms with Crippen LogP contribution in [-0.2, 0) is 0 Å². The number of halogens is 1. The molecule has 1 aromatic carbocycles. The van der Waals surface area contributed by atoms with Gasteiger partial charge in [0.2, 0.25) is 0 Å². The Balaban J connectivity index is 1.51. The number of hydrogen-bond donors (Lipinski definition) is 2.